The molecule has 1 atom stereocenters. The summed E-state index contributed by atoms with van der Waals surface area (Å²) in [5.41, 5.74) is 4.18. The van der Waals surface area contributed by atoms with E-state index in [-0.39, 0.29) is 12.1 Å². The Morgan fingerprint density at radius 1 is 1.16 bits per heavy atom. The Hall–Kier alpha value is -3.02. The average molecular weight is 435 g/mol. The third-order valence-corrected chi connectivity index (χ3v) is 6.14. The van der Waals surface area contributed by atoms with Gasteiger partial charge < -0.3 is 19.1 Å². The first-order chi connectivity index (χ1) is 15.2. The fourth-order valence-corrected chi connectivity index (χ4v) is 4.37. The van der Waals surface area contributed by atoms with Gasteiger partial charge in [0.1, 0.15) is 5.60 Å². The first kappa shape index (κ1) is 22.2. The highest BCUT2D eigenvalue weighted by Crippen LogP contribution is 2.28. The van der Waals surface area contributed by atoms with Crippen molar-refractivity contribution in [1.82, 2.24) is 14.5 Å². The Morgan fingerprint density at radius 2 is 1.88 bits per heavy atom. The number of ether oxygens (including phenoxy) is 1. The number of imidazole rings is 1. The summed E-state index contributed by atoms with van der Waals surface area (Å²) in [5, 5.41) is 0. The lowest BCUT2D eigenvalue weighted by atomic mass is 10.1. The van der Waals surface area contributed by atoms with Crippen LogP contribution in [0, 0.1) is 6.92 Å². The van der Waals surface area contributed by atoms with E-state index in [1.54, 1.807) is 0 Å². The van der Waals surface area contributed by atoms with Crippen molar-refractivity contribution in [3.63, 3.8) is 0 Å². The van der Waals surface area contributed by atoms with Gasteiger partial charge in [0.05, 0.1) is 17.6 Å². The molecule has 2 heterocycles. The van der Waals surface area contributed by atoms with Crippen LogP contribution < -0.4 is 4.90 Å². The van der Waals surface area contributed by atoms with Gasteiger partial charge in [-0.15, -0.1) is 0 Å². The number of amides is 1. The SMILES string of the molecule is Cc1ccccc1Cn1c(N(C)[C@H]2CCCN(C(=O)OC(C)(C)C)C2)nc2ccccc21. The van der Waals surface area contributed by atoms with Crippen molar-refractivity contribution >= 4 is 23.1 Å². The highest BCUT2D eigenvalue weighted by atomic mass is 16.6. The maximum absolute atomic E-state index is 12.7. The molecular weight excluding hydrogens is 400 g/mol. The normalized spacial score (nSPS) is 16.9. The third kappa shape index (κ3) is 4.74. The molecule has 0 radical (unpaired) electrons. The van der Waals surface area contributed by atoms with E-state index in [0.717, 1.165) is 42.9 Å². The van der Waals surface area contributed by atoms with E-state index in [9.17, 15) is 4.79 Å². The van der Waals surface area contributed by atoms with Gasteiger partial charge in [-0.05, 0) is 63.8 Å². The van der Waals surface area contributed by atoms with Gasteiger partial charge >= 0.3 is 6.09 Å². The number of rotatable bonds is 4. The molecule has 0 N–H and O–H groups in total. The number of likely N-dealkylation sites (tertiary alicyclic amines) is 1. The van der Waals surface area contributed by atoms with Gasteiger partial charge in [0.2, 0.25) is 5.95 Å². The van der Waals surface area contributed by atoms with Crippen LogP contribution in [-0.4, -0.2) is 52.3 Å². The molecule has 1 fully saturated rings. The molecule has 0 bridgehead atoms. The Kier molecular flexibility index (Phi) is 6.13. The number of piperidine rings is 1. The van der Waals surface area contributed by atoms with Gasteiger partial charge in [-0.1, -0.05) is 36.4 Å². The number of para-hydroxylation sites is 2. The predicted octanol–water partition coefficient (Wildman–Crippen LogP) is 5.23. The highest BCUT2D eigenvalue weighted by molar-refractivity contribution is 5.79. The first-order valence-electron chi connectivity index (χ1n) is 11.4. The van der Waals surface area contributed by atoms with Crippen molar-refractivity contribution < 1.29 is 9.53 Å². The van der Waals surface area contributed by atoms with Crippen molar-refractivity contribution in [1.29, 1.82) is 0 Å². The minimum atomic E-state index is -0.489. The molecule has 1 aromatic heterocycles. The van der Waals surface area contributed by atoms with E-state index < -0.39 is 5.60 Å². The van der Waals surface area contributed by atoms with E-state index >= 15 is 0 Å². The second kappa shape index (κ2) is 8.85. The summed E-state index contributed by atoms with van der Waals surface area (Å²) in [4.78, 5) is 21.7. The summed E-state index contributed by atoms with van der Waals surface area (Å²) in [6, 6.07) is 17.0. The topological polar surface area (TPSA) is 50.6 Å². The zero-order valence-corrected chi connectivity index (χ0v) is 19.8. The van der Waals surface area contributed by atoms with Crippen molar-refractivity contribution in [2.45, 2.75) is 58.7 Å². The summed E-state index contributed by atoms with van der Waals surface area (Å²) in [5.74, 6) is 0.936. The number of aryl methyl sites for hydroxylation is 1. The summed E-state index contributed by atoms with van der Waals surface area (Å²) in [6.45, 7) is 10.0. The first-order valence-corrected chi connectivity index (χ1v) is 11.4. The zero-order valence-electron chi connectivity index (χ0n) is 19.8. The Balaban J connectivity index is 1.62. The Morgan fingerprint density at radius 3 is 2.62 bits per heavy atom. The van der Waals surface area contributed by atoms with Crippen LogP contribution in [0.4, 0.5) is 10.7 Å². The maximum atomic E-state index is 12.7. The number of anilines is 1. The van der Waals surface area contributed by atoms with E-state index in [2.05, 4.69) is 65.9 Å². The van der Waals surface area contributed by atoms with Gasteiger partial charge in [-0.25, -0.2) is 9.78 Å². The van der Waals surface area contributed by atoms with E-state index in [4.69, 9.17) is 9.72 Å². The van der Waals surface area contributed by atoms with Crippen molar-refractivity contribution in [3.05, 3.63) is 59.7 Å². The van der Waals surface area contributed by atoms with Crippen LogP contribution in [0.2, 0.25) is 0 Å². The lowest BCUT2D eigenvalue weighted by molar-refractivity contribution is 0.0199. The fourth-order valence-electron chi connectivity index (χ4n) is 4.37. The summed E-state index contributed by atoms with van der Waals surface area (Å²) in [7, 11) is 2.10. The largest absolute Gasteiger partial charge is 0.444 e. The molecule has 1 amide bonds. The Bertz CT molecular complexity index is 1100. The molecular formula is C26H34N4O2. The summed E-state index contributed by atoms with van der Waals surface area (Å²) < 4.78 is 7.92. The molecule has 0 unspecified atom stereocenters. The number of aromatic nitrogens is 2. The van der Waals surface area contributed by atoms with Crippen LogP contribution in [-0.2, 0) is 11.3 Å². The molecule has 1 aliphatic heterocycles. The molecule has 6 nitrogen and oxygen atoms in total. The third-order valence-electron chi connectivity index (χ3n) is 6.14. The molecule has 0 spiro atoms. The van der Waals surface area contributed by atoms with Crippen LogP contribution in [0.25, 0.3) is 11.0 Å². The molecule has 6 heteroatoms. The van der Waals surface area contributed by atoms with Crippen LogP contribution in [0.5, 0.6) is 0 Å². The number of nitrogens with zero attached hydrogens (tertiary/aromatic N) is 4. The molecule has 3 aromatic rings. The zero-order chi connectivity index (χ0) is 22.9. The van der Waals surface area contributed by atoms with Crippen LogP contribution >= 0.6 is 0 Å². The number of fused-ring (bicyclic) bond motifs is 1. The number of hydrogen-bond donors (Lipinski definition) is 0. The standard InChI is InChI=1S/C26H34N4O2/c1-19-11-6-7-12-20(19)17-30-23-15-9-8-14-22(23)27-24(30)28(5)21-13-10-16-29(18-21)25(31)32-26(2,3)4/h6-9,11-12,14-15,21H,10,13,16-18H2,1-5H3/t21-/m0/s1. The average Bonchev–Trinajstić information content (AvgIpc) is 3.12. The van der Waals surface area contributed by atoms with E-state index in [1.807, 2.05) is 31.7 Å². The van der Waals surface area contributed by atoms with Crippen LogP contribution in [0.1, 0.15) is 44.7 Å². The van der Waals surface area contributed by atoms with Crippen molar-refractivity contribution in [2.24, 2.45) is 0 Å². The predicted molar refractivity (Wildman–Crippen MR) is 129 cm³/mol. The number of benzene rings is 2. The van der Waals surface area contributed by atoms with Gasteiger partial charge in [-0.3, -0.25) is 0 Å². The highest BCUT2D eigenvalue weighted by Gasteiger charge is 2.31. The Labute approximate surface area is 190 Å². The van der Waals surface area contributed by atoms with Crippen LogP contribution in [0.15, 0.2) is 48.5 Å². The molecule has 170 valence electrons. The fraction of sp³-hybridized carbons (Fsp3) is 0.462. The molecule has 32 heavy (non-hydrogen) atoms. The second-order valence-electron chi connectivity index (χ2n) is 9.75. The van der Waals surface area contributed by atoms with Gasteiger partial charge in [0.25, 0.3) is 0 Å². The monoisotopic (exact) mass is 434 g/mol. The quantitative estimate of drug-likeness (QED) is 0.564. The molecule has 1 saturated heterocycles. The van der Waals surface area contributed by atoms with Gasteiger partial charge in [0.15, 0.2) is 0 Å². The summed E-state index contributed by atoms with van der Waals surface area (Å²) >= 11 is 0. The smallest absolute Gasteiger partial charge is 0.410 e. The lowest BCUT2D eigenvalue weighted by Gasteiger charge is -2.38. The molecule has 1 aliphatic rings. The number of likely N-dealkylation sites (N-methyl/N-ethyl adjacent to an activating group) is 1. The van der Waals surface area contributed by atoms with Gasteiger partial charge in [0, 0.05) is 26.2 Å². The minimum absolute atomic E-state index is 0.184. The second-order valence-corrected chi connectivity index (χ2v) is 9.75. The minimum Gasteiger partial charge on any atom is -0.444 e. The van der Waals surface area contributed by atoms with Gasteiger partial charge in [-0.2, -0.15) is 0 Å². The van der Waals surface area contributed by atoms with E-state index in [1.165, 1.54) is 11.1 Å². The van der Waals surface area contributed by atoms with Crippen LogP contribution in [0.3, 0.4) is 0 Å². The summed E-state index contributed by atoms with van der Waals surface area (Å²) in [6.07, 6.45) is 1.74. The maximum Gasteiger partial charge on any atom is 0.410 e. The molecule has 4 rings (SSSR count). The number of hydrogen-bond acceptors (Lipinski definition) is 4. The van der Waals surface area contributed by atoms with Crippen molar-refractivity contribution in [3.8, 4) is 0 Å². The number of carbonyl (C=O) groups excluding carboxylic acids is 1. The molecule has 2 aromatic carbocycles. The van der Waals surface area contributed by atoms with E-state index in [0.29, 0.717) is 6.54 Å². The molecule has 0 aliphatic carbocycles. The number of carbonyl (C=O) groups is 1. The lowest BCUT2D eigenvalue weighted by Crippen LogP contribution is -2.50. The van der Waals surface area contributed by atoms with Crippen molar-refractivity contribution in [2.75, 3.05) is 25.0 Å². The molecule has 0 saturated carbocycles.